The number of carboxylic acid groups (broad SMARTS) is 1. The topological polar surface area (TPSA) is 95.9 Å². The van der Waals surface area contributed by atoms with Crippen LogP contribution in [0, 0.1) is 0 Å². The minimum atomic E-state index is -1.27. The SMILES string of the molecule is CCCC(C)(NC(=O)OCC1c2ccccc2-c2ccccc21)C(=O)N(CC(=O)O)C(C)CC. The fraction of sp³-hybridized carbons (Fsp3) is 0.444. The summed E-state index contributed by atoms with van der Waals surface area (Å²) in [4.78, 5) is 39.0. The van der Waals surface area contributed by atoms with Gasteiger partial charge < -0.3 is 20.1 Å². The summed E-state index contributed by atoms with van der Waals surface area (Å²) in [6, 6.07) is 15.9. The molecule has 1 aliphatic carbocycles. The van der Waals surface area contributed by atoms with E-state index in [9.17, 15) is 19.5 Å². The van der Waals surface area contributed by atoms with Crippen molar-refractivity contribution < 1.29 is 24.2 Å². The zero-order valence-corrected chi connectivity index (χ0v) is 20.3. The molecule has 0 heterocycles. The van der Waals surface area contributed by atoms with Crippen molar-refractivity contribution in [1.82, 2.24) is 10.2 Å². The Kier molecular flexibility index (Phi) is 7.97. The van der Waals surface area contributed by atoms with Crippen molar-refractivity contribution in [3.63, 3.8) is 0 Å². The second kappa shape index (κ2) is 10.7. The molecule has 2 unspecified atom stereocenters. The lowest BCUT2D eigenvalue weighted by Crippen LogP contribution is -2.60. The molecule has 0 aliphatic heterocycles. The summed E-state index contributed by atoms with van der Waals surface area (Å²) in [5, 5.41) is 12.1. The molecule has 0 radical (unpaired) electrons. The Morgan fingerprint density at radius 1 is 1.06 bits per heavy atom. The van der Waals surface area contributed by atoms with Gasteiger partial charge in [0, 0.05) is 12.0 Å². The number of carboxylic acids is 1. The molecule has 3 rings (SSSR count). The number of benzene rings is 2. The number of nitrogens with zero attached hydrogens (tertiary/aromatic N) is 1. The number of hydrogen-bond donors (Lipinski definition) is 2. The number of alkyl carbamates (subject to hydrolysis) is 1. The van der Waals surface area contributed by atoms with E-state index in [-0.39, 0.29) is 18.6 Å². The first-order valence-corrected chi connectivity index (χ1v) is 11.9. The number of carbonyl (C=O) groups is 3. The molecular formula is C27H34N2O5. The van der Waals surface area contributed by atoms with Gasteiger partial charge in [-0.2, -0.15) is 0 Å². The van der Waals surface area contributed by atoms with Crippen molar-refractivity contribution in [2.45, 2.75) is 64.5 Å². The molecule has 0 spiro atoms. The smallest absolute Gasteiger partial charge is 0.408 e. The first-order chi connectivity index (χ1) is 16.2. The van der Waals surface area contributed by atoms with E-state index in [1.807, 2.05) is 50.2 Å². The molecule has 2 N–H and O–H groups in total. The average molecular weight is 467 g/mol. The molecule has 0 fully saturated rings. The Labute approximate surface area is 201 Å². The fourth-order valence-corrected chi connectivity index (χ4v) is 4.69. The highest BCUT2D eigenvalue weighted by Gasteiger charge is 2.40. The number of fused-ring (bicyclic) bond motifs is 3. The van der Waals surface area contributed by atoms with Crippen LogP contribution in [-0.2, 0) is 14.3 Å². The highest BCUT2D eigenvalue weighted by Crippen LogP contribution is 2.44. The van der Waals surface area contributed by atoms with Crippen LogP contribution in [-0.4, -0.2) is 52.7 Å². The third-order valence-corrected chi connectivity index (χ3v) is 6.63. The van der Waals surface area contributed by atoms with Crippen molar-refractivity contribution in [3.05, 3.63) is 59.7 Å². The lowest BCUT2D eigenvalue weighted by molar-refractivity contribution is -0.149. The molecule has 7 heteroatoms. The summed E-state index contributed by atoms with van der Waals surface area (Å²) in [6.45, 7) is 6.97. The van der Waals surface area contributed by atoms with Crippen molar-refractivity contribution in [3.8, 4) is 11.1 Å². The van der Waals surface area contributed by atoms with Crippen LogP contribution >= 0.6 is 0 Å². The predicted octanol–water partition coefficient (Wildman–Crippen LogP) is 4.80. The third-order valence-electron chi connectivity index (χ3n) is 6.63. The monoisotopic (exact) mass is 466 g/mol. The lowest BCUT2D eigenvalue weighted by atomic mass is 9.93. The van der Waals surface area contributed by atoms with Crippen LogP contribution in [0.15, 0.2) is 48.5 Å². The Morgan fingerprint density at radius 2 is 1.62 bits per heavy atom. The average Bonchev–Trinajstić information content (AvgIpc) is 3.14. The van der Waals surface area contributed by atoms with Crippen LogP contribution in [0.25, 0.3) is 11.1 Å². The molecule has 2 aromatic rings. The number of amides is 2. The molecule has 2 atom stereocenters. The number of ether oxygens (including phenoxy) is 1. The van der Waals surface area contributed by atoms with Gasteiger partial charge in [0.2, 0.25) is 5.91 Å². The Bertz CT molecular complexity index is 1010. The molecule has 7 nitrogen and oxygen atoms in total. The van der Waals surface area contributed by atoms with Gasteiger partial charge in [0.25, 0.3) is 0 Å². The predicted molar refractivity (Wildman–Crippen MR) is 131 cm³/mol. The number of carbonyl (C=O) groups excluding carboxylic acids is 2. The first-order valence-electron chi connectivity index (χ1n) is 11.9. The normalized spacial score (nSPS) is 14.9. The second-order valence-electron chi connectivity index (χ2n) is 9.12. The van der Waals surface area contributed by atoms with Crippen LogP contribution in [0.3, 0.4) is 0 Å². The molecule has 1 aliphatic rings. The van der Waals surface area contributed by atoms with E-state index in [4.69, 9.17) is 4.74 Å². The summed E-state index contributed by atoms with van der Waals surface area (Å²) < 4.78 is 5.64. The lowest BCUT2D eigenvalue weighted by Gasteiger charge is -2.37. The van der Waals surface area contributed by atoms with E-state index in [1.165, 1.54) is 4.90 Å². The van der Waals surface area contributed by atoms with Crippen LogP contribution < -0.4 is 5.32 Å². The van der Waals surface area contributed by atoms with Crippen LogP contribution in [0.5, 0.6) is 0 Å². The van der Waals surface area contributed by atoms with Gasteiger partial charge in [-0.3, -0.25) is 9.59 Å². The molecule has 0 aromatic heterocycles. The van der Waals surface area contributed by atoms with Gasteiger partial charge in [-0.25, -0.2) is 4.79 Å². The molecule has 2 amide bonds. The van der Waals surface area contributed by atoms with E-state index >= 15 is 0 Å². The summed E-state index contributed by atoms with van der Waals surface area (Å²) in [6.07, 6.45) is 0.910. The Morgan fingerprint density at radius 3 is 2.12 bits per heavy atom. The molecule has 0 saturated heterocycles. The van der Waals surface area contributed by atoms with Gasteiger partial charge in [-0.15, -0.1) is 0 Å². The van der Waals surface area contributed by atoms with Crippen molar-refractivity contribution in [2.24, 2.45) is 0 Å². The van der Waals surface area contributed by atoms with E-state index in [0.717, 1.165) is 22.3 Å². The number of nitrogens with one attached hydrogen (secondary N) is 1. The molecule has 34 heavy (non-hydrogen) atoms. The van der Waals surface area contributed by atoms with Gasteiger partial charge in [0.15, 0.2) is 0 Å². The minimum absolute atomic E-state index is 0.0881. The van der Waals surface area contributed by atoms with Gasteiger partial charge >= 0.3 is 12.1 Å². The highest BCUT2D eigenvalue weighted by molar-refractivity contribution is 5.91. The Hall–Kier alpha value is -3.35. The number of rotatable bonds is 10. The highest BCUT2D eigenvalue weighted by atomic mass is 16.5. The van der Waals surface area contributed by atoms with Crippen LogP contribution in [0.1, 0.15) is 64.0 Å². The number of hydrogen-bond acceptors (Lipinski definition) is 4. The summed E-state index contributed by atoms with van der Waals surface area (Å²) in [7, 11) is 0. The van der Waals surface area contributed by atoms with Crippen LogP contribution in [0.2, 0.25) is 0 Å². The quantitative estimate of drug-likeness (QED) is 0.525. The fourth-order valence-electron chi connectivity index (χ4n) is 4.69. The van der Waals surface area contributed by atoms with Gasteiger partial charge in [0.1, 0.15) is 18.7 Å². The summed E-state index contributed by atoms with van der Waals surface area (Å²) in [5.41, 5.74) is 3.21. The van der Waals surface area contributed by atoms with Crippen molar-refractivity contribution in [1.29, 1.82) is 0 Å². The largest absolute Gasteiger partial charge is 0.480 e. The molecule has 182 valence electrons. The van der Waals surface area contributed by atoms with Crippen LogP contribution in [0.4, 0.5) is 4.79 Å². The third kappa shape index (κ3) is 5.24. The van der Waals surface area contributed by atoms with E-state index in [1.54, 1.807) is 13.8 Å². The zero-order chi connectivity index (χ0) is 24.9. The van der Waals surface area contributed by atoms with Crippen molar-refractivity contribution in [2.75, 3.05) is 13.2 Å². The van der Waals surface area contributed by atoms with Gasteiger partial charge in [0.05, 0.1) is 0 Å². The standard InChI is InChI=1S/C27H34N2O5/c1-5-15-27(4,25(32)29(16-24(30)31)18(3)6-2)28-26(33)34-17-23-21-13-9-7-11-19(21)20-12-8-10-14-22(20)23/h7-14,18,23H,5-6,15-17H2,1-4H3,(H,28,33)(H,30,31). The second-order valence-corrected chi connectivity index (χ2v) is 9.12. The molecular weight excluding hydrogens is 432 g/mol. The molecule has 0 bridgehead atoms. The maximum atomic E-state index is 13.4. The summed E-state index contributed by atoms with van der Waals surface area (Å²) >= 11 is 0. The van der Waals surface area contributed by atoms with E-state index in [0.29, 0.717) is 19.3 Å². The van der Waals surface area contributed by atoms with Gasteiger partial charge in [-0.1, -0.05) is 68.8 Å². The van der Waals surface area contributed by atoms with E-state index in [2.05, 4.69) is 17.4 Å². The molecule has 0 saturated carbocycles. The first kappa shape index (κ1) is 25.3. The maximum absolute atomic E-state index is 13.4. The summed E-state index contributed by atoms with van der Waals surface area (Å²) in [5.74, 6) is -1.59. The van der Waals surface area contributed by atoms with E-state index < -0.39 is 30.1 Å². The Balaban J connectivity index is 1.75. The van der Waals surface area contributed by atoms with Gasteiger partial charge in [-0.05, 0) is 48.9 Å². The molecule has 2 aromatic carbocycles. The van der Waals surface area contributed by atoms with Crippen molar-refractivity contribution >= 4 is 18.0 Å². The minimum Gasteiger partial charge on any atom is -0.480 e. The maximum Gasteiger partial charge on any atom is 0.408 e. The zero-order valence-electron chi connectivity index (χ0n) is 20.3. The number of aliphatic carboxylic acids is 1.